The number of carbonyl (C=O) groups is 1. The minimum absolute atomic E-state index is 0.131. The number of nitrogens with zero attached hydrogens (tertiary/aromatic N) is 5. The van der Waals surface area contributed by atoms with Gasteiger partial charge in [-0.1, -0.05) is 0 Å². The number of rotatable bonds is 7. The lowest BCUT2D eigenvalue weighted by molar-refractivity contribution is -0.132. The Morgan fingerprint density at radius 3 is 2.90 bits per heavy atom. The number of ether oxygens (including phenoxy) is 1. The molecule has 0 aliphatic carbocycles. The third-order valence-electron chi connectivity index (χ3n) is 5.61. The zero-order valence-corrected chi connectivity index (χ0v) is 17.5. The van der Waals surface area contributed by atoms with E-state index in [1.807, 2.05) is 29.2 Å². The van der Waals surface area contributed by atoms with Gasteiger partial charge in [0.1, 0.15) is 17.9 Å². The quantitative estimate of drug-likeness (QED) is 0.595. The van der Waals surface area contributed by atoms with Gasteiger partial charge in [0, 0.05) is 44.0 Å². The molecule has 1 fully saturated rings. The van der Waals surface area contributed by atoms with Crippen molar-refractivity contribution in [2.24, 2.45) is 0 Å². The van der Waals surface area contributed by atoms with E-state index in [-0.39, 0.29) is 11.8 Å². The average Bonchev–Trinajstić information content (AvgIpc) is 3.47. The van der Waals surface area contributed by atoms with Gasteiger partial charge in [0.2, 0.25) is 5.91 Å². The van der Waals surface area contributed by atoms with Crippen LogP contribution in [0.25, 0.3) is 11.3 Å². The summed E-state index contributed by atoms with van der Waals surface area (Å²) in [6.07, 6.45) is 6.35. The highest BCUT2D eigenvalue weighted by molar-refractivity contribution is 5.76. The lowest BCUT2D eigenvalue weighted by Gasteiger charge is -2.32. The van der Waals surface area contributed by atoms with E-state index in [1.165, 1.54) is 0 Å². The predicted octanol–water partition coefficient (Wildman–Crippen LogP) is 3.30. The SMILES string of the molecule is CCn1cnnc1C1CCCN(C(=O)CCc2ncc(-c3ccc(OC)cc3)o2)C1. The normalized spacial score (nSPS) is 16.6. The first-order chi connectivity index (χ1) is 14.7. The van der Waals surface area contributed by atoms with E-state index < -0.39 is 0 Å². The van der Waals surface area contributed by atoms with Crippen LogP contribution < -0.4 is 4.74 Å². The third kappa shape index (κ3) is 4.37. The van der Waals surface area contributed by atoms with Gasteiger partial charge in [-0.2, -0.15) is 0 Å². The molecule has 1 saturated heterocycles. The predicted molar refractivity (Wildman–Crippen MR) is 111 cm³/mol. The van der Waals surface area contributed by atoms with Crippen molar-refractivity contribution in [1.82, 2.24) is 24.6 Å². The Morgan fingerprint density at radius 2 is 2.13 bits per heavy atom. The molecule has 0 spiro atoms. The number of hydrogen-bond acceptors (Lipinski definition) is 6. The Hall–Kier alpha value is -3.16. The van der Waals surface area contributed by atoms with Gasteiger partial charge < -0.3 is 18.6 Å². The number of aromatic nitrogens is 4. The molecule has 3 heterocycles. The zero-order valence-electron chi connectivity index (χ0n) is 17.5. The number of aryl methyl sites for hydroxylation is 2. The second kappa shape index (κ2) is 9.11. The maximum absolute atomic E-state index is 12.8. The largest absolute Gasteiger partial charge is 0.497 e. The zero-order chi connectivity index (χ0) is 20.9. The highest BCUT2D eigenvalue weighted by Crippen LogP contribution is 2.27. The van der Waals surface area contributed by atoms with Crippen molar-refractivity contribution < 1.29 is 13.9 Å². The number of methoxy groups -OCH3 is 1. The molecule has 1 unspecified atom stereocenters. The molecule has 2 aromatic heterocycles. The van der Waals surface area contributed by atoms with Gasteiger partial charge in [0.05, 0.1) is 13.3 Å². The Kier molecular flexibility index (Phi) is 6.11. The molecule has 1 aliphatic rings. The number of hydrogen-bond donors (Lipinski definition) is 0. The summed E-state index contributed by atoms with van der Waals surface area (Å²) in [5.74, 6) is 3.42. The second-order valence-corrected chi connectivity index (χ2v) is 7.50. The molecular formula is C22H27N5O3. The van der Waals surface area contributed by atoms with Gasteiger partial charge in [-0.15, -0.1) is 10.2 Å². The first-order valence-corrected chi connectivity index (χ1v) is 10.4. The monoisotopic (exact) mass is 409 g/mol. The smallest absolute Gasteiger partial charge is 0.223 e. The minimum Gasteiger partial charge on any atom is -0.497 e. The number of oxazole rings is 1. The summed E-state index contributed by atoms with van der Waals surface area (Å²) in [6, 6.07) is 7.62. The van der Waals surface area contributed by atoms with Gasteiger partial charge in [0.25, 0.3) is 0 Å². The van der Waals surface area contributed by atoms with Gasteiger partial charge in [-0.05, 0) is 44.0 Å². The van der Waals surface area contributed by atoms with Crippen molar-refractivity contribution in [3.8, 4) is 17.1 Å². The van der Waals surface area contributed by atoms with Crippen LogP contribution in [0.5, 0.6) is 5.75 Å². The molecule has 0 N–H and O–H groups in total. The van der Waals surface area contributed by atoms with E-state index in [0.717, 1.165) is 43.1 Å². The van der Waals surface area contributed by atoms with Crippen LogP contribution in [0.15, 0.2) is 41.2 Å². The van der Waals surface area contributed by atoms with Crippen LogP contribution in [0.4, 0.5) is 0 Å². The summed E-state index contributed by atoms with van der Waals surface area (Å²) in [7, 11) is 1.64. The van der Waals surface area contributed by atoms with E-state index >= 15 is 0 Å². The Labute approximate surface area is 175 Å². The van der Waals surface area contributed by atoms with Crippen LogP contribution in [0.1, 0.15) is 43.8 Å². The number of amides is 1. The van der Waals surface area contributed by atoms with Crippen molar-refractivity contribution in [1.29, 1.82) is 0 Å². The molecule has 8 nitrogen and oxygen atoms in total. The highest BCUT2D eigenvalue weighted by Gasteiger charge is 2.27. The van der Waals surface area contributed by atoms with Gasteiger partial charge in [-0.25, -0.2) is 4.98 Å². The Bertz CT molecular complexity index is 979. The van der Waals surface area contributed by atoms with Crippen molar-refractivity contribution in [3.05, 3.63) is 48.5 Å². The van der Waals surface area contributed by atoms with Crippen LogP contribution in [0, 0.1) is 0 Å². The van der Waals surface area contributed by atoms with E-state index in [0.29, 0.717) is 31.0 Å². The molecule has 1 aromatic carbocycles. The summed E-state index contributed by atoms with van der Waals surface area (Å²) in [4.78, 5) is 19.1. The molecule has 158 valence electrons. The molecule has 1 amide bonds. The van der Waals surface area contributed by atoms with Gasteiger partial charge in [0.15, 0.2) is 11.7 Å². The van der Waals surface area contributed by atoms with Crippen molar-refractivity contribution in [3.63, 3.8) is 0 Å². The number of carbonyl (C=O) groups excluding carboxylic acids is 1. The molecule has 0 saturated carbocycles. The Morgan fingerprint density at radius 1 is 1.30 bits per heavy atom. The van der Waals surface area contributed by atoms with E-state index in [9.17, 15) is 4.79 Å². The van der Waals surface area contributed by atoms with Crippen molar-refractivity contribution in [2.75, 3.05) is 20.2 Å². The molecule has 0 radical (unpaired) electrons. The number of piperidine rings is 1. The number of benzene rings is 1. The molecular weight excluding hydrogens is 382 g/mol. The van der Waals surface area contributed by atoms with Crippen LogP contribution in [0.3, 0.4) is 0 Å². The maximum atomic E-state index is 12.8. The molecule has 3 aromatic rings. The van der Waals surface area contributed by atoms with Crippen molar-refractivity contribution >= 4 is 5.91 Å². The first-order valence-electron chi connectivity index (χ1n) is 10.4. The summed E-state index contributed by atoms with van der Waals surface area (Å²) in [5.41, 5.74) is 0.930. The molecule has 4 rings (SSSR count). The highest BCUT2D eigenvalue weighted by atomic mass is 16.5. The lowest BCUT2D eigenvalue weighted by atomic mass is 9.96. The summed E-state index contributed by atoms with van der Waals surface area (Å²) in [5, 5.41) is 8.32. The van der Waals surface area contributed by atoms with Crippen LogP contribution in [0.2, 0.25) is 0 Å². The number of likely N-dealkylation sites (tertiary alicyclic amines) is 1. The molecule has 30 heavy (non-hydrogen) atoms. The standard InChI is InChI=1S/C22H27N5O3/c1-3-26-15-24-25-22(26)17-5-4-12-27(14-17)21(28)11-10-20-23-13-19(30-20)16-6-8-18(29-2)9-7-16/h6-9,13,15,17H,3-5,10-12,14H2,1-2H3. The molecule has 0 bridgehead atoms. The van der Waals surface area contributed by atoms with Crippen LogP contribution in [-0.2, 0) is 17.8 Å². The maximum Gasteiger partial charge on any atom is 0.223 e. The van der Waals surface area contributed by atoms with Gasteiger partial charge in [-0.3, -0.25) is 4.79 Å². The fourth-order valence-electron chi connectivity index (χ4n) is 3.92. The topological polar surface area (TPSA) is 86.3 Å². The van der Waals surface area contributed by atoms with E-state index in [4.69, 9.17) is 9.15 Å². The van der Waals surface area contributed by atoms with E-state index in [2.05, 4.69) is 26.7 Å². The Balaban J connectivity index is 1.33. The van der Waals surface area contributed by atoms with Crippen molar-refractivity contribution in [2.45, 2.75) is 45.1 Å². The molecule has 8 heteroatoms. The summed E-state index contributed by atoms with van der Waals surface area (Å²) in [6.45, 7) is 4.40. The molecule has 1 aliphatic heterocycles. The lowest BCUT2D eigenvalue weighted by Crippen LogP contribution is -2.39. The fraction of sp³-hybridized carbons (Fsp3) is 0.455. The minimum atomic E-state index is 0.131. The average molecular weight is 409 g/mol. The van der Waals surface area contributed by atoms with E-state index in [1.54, 1.807) is 19.6 Å². The fourth-order valence-corrected chi connectivity index (χ4v) is 3.92. The summed E-state index contributed by atoms with van der Waals surface area (Å²) < 4.78 is 13.1. The third-order valence-corrected chi connectivity index (χ3v) is 5.61. The van der Waals surface area contributed by atoms with Crippen LogP contribution in [-0.4, -0.2) is 50.8 Å². The van der Waals surface area contributed by atoms with Crippen LogP contribution >= 0.6 is 0 Å². The van der Waals surface area contributed by atoms with Gasteiger partial charge >= 0.3 is 0 Å². The summed E-state index contributed by atoms with van der Waals surface area (Å²) >= 11 is 0. The second-order valence-electron chi connectivity index (χ2n) is 7.50. The first kappa shape index (κ1) is 20.1. The molecule has 1 atom stereocenters.